The first-order valence-electron chi connectivity index (χ1n) is 3.21. The van der Waals surface area contributed by atoms with Crippen LogP contribution in [0, 0.1) is 0 Å². The van der Waals surface area contributed by atoms with Crippen LogP contribution in [0.25, 0.3) is 0 Å². The van der Waals surface area contributed by atoms with Gasteiger partial charge in [-0.2, -0.15) is 0 Å². The van der Waals surface area contributed by atoms with Crippen LogP contribution in [0.5, 0.6) is 0 Å². The maximum Gasteiger partial charge on any atom is 0.326 e. The average molecular weight is 289 g/mol. The normalized spacial score (nSPS) is 10.8. The van der Waals surface area contributed by atoms with Gasteiger partial charge in [-0.3, -0.25) is 9.59 Å². The number of nitrogens with one attached hydrogen (secondary N) is 1. The van der Waals surface area contributed by atoms with Crippen molar-refractivity contribution in [2.45, 2.75) is 19.4 Å². The van der Waals surface area contributed by atoms with Crippen molar-refractivity contribution < 1.29 is 19.5 Å². The zero-order chi connectivity index (χ0) is 9.72. The molecule has 0 bridgehead atoms. The van der Waals surface area contributed by atoms with E-state index >= 15 is 0 Å². The first-order chi connectivity index (χ1) is 5.43. The first kappa shape index (κ1) is 14.8. The predicted octanol–water partition coefficient (Wildman–Crippen LogP) is -1.93. The van der Waals surface area contributed by atoms with E-state index in [1.807, 2.05) is 0 Å². The molecule has 7 heteroatoms. The van der Waals surface area contributed by atoms with Crippen LogP contribution in [0.15, 0.2) is 0 Å². The minimum absolute atomic E-state index is 0. The molecule has 0 unspecified atom stereocenters. The van der Waals surface area contributed by atoms with Gasteiger partial charge < -0.3 is 16.2 Å². The van der Waals surface area contributed by atoms with E-state index in [9.17, 15) is 14.4 Å². The number of hydrogen-bond donors (Lipinski definition) is 3. The van der Waals surface area contributed by atoms with Crippen molar-refractivity contribution in [1.29, 1.82) is 0 Å². The number of carboxylic acid groups (broad SMARTS) is 1. The third-order valence-electron chi connectivity index (χ3n) is 1.08. The van der Waals surface area contributed by atoms with Crippen molar-refractivity contribution in [3.63, 3.8) is 0 Å². The molecular formula is C6H10InN2O4. The summed E-state index contributed by atoms with van der Waals surface area (Å²) in [6.07, 6.45) is -0.394. The Bertz CT molecular complexity index is 203. The number of carbonyl (C=O) groups excluding carboxylic acids is 2. The quantitative estimate of drug-likeness (QED) is 0.560. The third-order valence-corrected chi connectivity index (χ3v) is 1.08. The molecule has 0 aromatic rings. The third kappa shape index (κ3) is 7.63. The number of primary amides is 1. The van der Waals surface area contributed by atoms with Crippen LogP contribution in [-0.2, 0) is 14.4 Å². The molecule has 0 aromatic heterocycles. The molecule has 2 amide bonds. The van der Waals surface area contributed by atoms with Gasteiger partial charge in [-0.1, -0.05) is 0 Å². The van der Waals surface area contributed by atoms with Crippen LogP contribution in [0.2, 0.25) is 0 Å². The first-order valence-corrected chi connectivity index (χ1v) is 3.21. The van der Waals surface area contributed by atoms with Gasteiger partial charge in [-0.15, -0.1) is 0 Å². The molecule has 71 valence electrons. The molecule has 0 aliphatic rings. The summed E-state index contributed by atoms with van der Waals surface area (Å²) in [6, 6.07) is -1.22. The van der Waals surface area contributed by atoms with Crippen LogP contribution < -0.4 is 11.1 Å². The SMILES string of the molecule is CC(=O)N[C@@H](CC(N)=O)C(=O)O.[In]. The van der Waals surface area contributed by atoms with Crippen molar-refractivity contribution in [3.8, 4) is 0 Å². The van der Waals surface area contributed by atoms with Gasteiger partial charge in [-0.25, -0.2) is 4.79 Å². The van der Waals surface area contributed by atoms with Gasteiger partial charge in [-0.05, 0) is 0 Å². The van der Waals surface area contributed by atoms with Crippen LogP contribution in [0.3, 0.4) is 0 Å². The smallest absolute Gasteiger partial charge is 0.326 e. The summed E-state index contributed by atoms with van der Waals surface area (Å²) in [5, 5.41) is 10.5. The molecular weight excluding hydrogens is 279 g/mol. The van der Waals surface area contributed by atoms with Gasteiger partial charge in [0.1, 0.15) is 6.04 Å². The average Bonchev–Trinajstić information content (AvgIpc) is 1.83. The van der Waals surface area contributed by atoms with Gasteiger partial charge in [0, 0.05) is 32.8 Å². The molecule has 6 nitrogen and oxygen atoms in total. The van der Waals surface area contributed by atoms with E-state index in [0.29, 0.717) is 0 Å². The van der Waals surface area contributed by atoms with Crippen molar-refractivity contribution in [1.82, 2.24) is 5.32 Å². The Labute approximate surface area is 93.6 Å². The van der Waals surface area contributed by atoms with E-state index < -0.39 is 30.2 Å². The number of carbonyl (C=O) groups is 3. The molecule has 0 saturated carbocycles. The maximum absolute atomic E-state index is 10.4. The zero-order valence-electron chi connectivity index (χ0n) is 7.11. The van der Waals surface area contributed by atoms with E-state index in [0.717, 1.165) is 6.92 Å². The topological polar surface area (TPSA) is 109 Å². The molecule has 13 heavy (non-hydrogen) atoms. The fourth-order valence-corrected chi connectivity index (χ4v) is 0.647. The summed E-state index contributed by atoms with van der Waals surface area (Å²) in [6.45, 7) is 1.16. The molecule has 0 heterocycles. The summed E-state index contributed by atoms with van der Waals surface area (Å²) in [4.78, 5) is 31.1. The predicted molar refractivity (Wildman–Crippen MR) is 44.8 cm³/mol. The number of hydrogen-bond acceptors (Lipinski definition) is 3. The maximum atomic E-state index is 10.4. The van der Waals surface area contributed by atoms with Crippen molar-refractivity contribution >= 4 is 43.6 Å². The Morgan fingerprint density at radius 1 is 1.46 bits per heavy atom. The molecule has 1 atom stereocenters. The Morgan fingerprint density at radius 3 is 2.15 bits per heavy atom. The summed E-state index contributed by atoms with van der Waals surface area (Å²) in [7, 11) is 0. The molecule has 0 rings (SSSR count). The van der Waals surface area contributed by atoms with Gasteiger partial charge in [0.2, 0.25) is 11.8 Å². The molecule has 0 aromatic carbocycles. The second-order valence-electron chi connectivity index (χ2n) is 2.26. The van der Waals surface area contributed by atoms with E-state index in [2.05, 4.69) is 5.32 Å². The minimum Gasteiger partial charge on any atom is -0.480 e. The molecule has 0 aliphatic heterocycles. The molecule has 0 fully saturated rings. The Balaban J connectivity index is 0. The van der Waals surface area contributed by atoms with Gasteiger partial charge in [0.05, 0.1) is 6.42 Å². The van der Waals surface area contributed by atoms with Gasteiger partial charge in [0.25, 0.3) is 0 Å². The number of nitrogens with two attached hydrogens (primary N) is 1. The van der Waals surface area contributed by atoms with Gasteiger partial charge >= 0.3 is 5.97 Å². The fraction of sp³-hybridized carbons (Fsp3) is 0.500. The summed E-state index contributed by atoms with van der Waals surface area (Å²) < 4.78 is 0. The standard InChI is InChI=1S/C6H10N2O4.In/c1-3(9)8-4(6(11)12)2-5(7)10;/h4H,2H2,1H3,(H2,7,10)(H,8,9)(H,11,12);/t4-;/m0./s1. The number of amides is 2. The van der Waals surface area contributed by atoms with Crippen LogP contribution in [0.4, 0.5) is 0 Å². The van der Waals surface area contributed by atoms with Crippen LogP contribution in [-0.4, -0.2) is 54.8 Å². The van der Waals surface area contributed by atoms with Crippen molar-refractivity contribution in [3.05, 3.63) is 0 Å². The van der Waals surface area contributed by atoms with E-state index in [-0.39, 0.29) is 25.8 Å². The molecule has 0 aliphatic carbocycles. The number of rotatable bonds is 4. The molecule has 4 N–H and O–H groups in total. The fourth-order valence-electron chi connectivity index (χ4n) is 0.647. The Kier molecular flexibility index (Phi) is 7.69. The Hall–Kier alpha value is -0.720. The molecule has 0 spiro atoms. The van der Waals surface area contributed by atoms with Crippen LogP contribution >= 0.6 is 0 Å². The number of aliphatic carboxylic acids is 1. The zero-order valence-corrected chi connectivity index (χ0v) is 10.4. The summed E-state index contributed by atoms with van der Waals surface area (Å²) in [5.41, 5.74) is 4.75. The van der Waals surface area contributed by atoms with Crippen molar-refractivity contribution in [2.75, 3.05) is 0 Å². The number of carboxylic acids is 1. The minimum atomic E-state index is -1.27. The van der Waals surface area contributed by atoms with E-state index in [1.54, 1.807) is 0 Å². The van der Waals surface area contributed by atoms with Crippen molar-refractivity contribution in [2.24, 2.45) is 5.73 Å². The van der Waals surface area contributed by atoms with Crippen LogP contribution in [0.1, 0.15) is 13.3 Å². The summed E-state index contributed by atoms with van der Waals surface area (Å²) in [5.74, 6) is -2.55. The monoisotopic (exact) mass is 289 g/mol. The second-order valence-corrected chi connectivity index (χ2v) is 2.26. The Morgan fingerprint density at radius 2 is 1.92 bits per heavy atom. The second kappa shape index (κ2) is 6.76. The van der Waals surface area contributed by atoms with E-state index in [1.165, 1.54) is 0 Å². The van der Waals surface area contributed by atoms with Gasteiger partial charge in [0.15, 0.2) is 0 Å². The largest absolute Gasteiger partial charge is 0.480 e. The molecule has 3 radical (unpaired) electrons. The molecule has 0 saturated heterocycles. The van der Waals surface area contributed by atoms with E-state index in [4.69, 9.17) is 10.8 Å². The summed E-state index contributed by atoms with van der Waals surface area (Å²) >= 11 is 0.